The molecule has 5 heteroatoms. The molecule has 0 bridgehead atoms. The van der Waals surface area contributed by atoms with Crippen LogP contribution in [0.1, 0.15) is 17.1 Å². The maximum Gasteiger partial charge on any atom is 0.0701 e. The van der Waals surface area contributed by atoms with Crippen molar-refractivity contribution in [3.05, 3.63) is 20.8 Å². The van der Waals surface area contributed by atoms with Crippen molar-refractivity contribution < 1.29 is 5.11 Å². The van der Waals surface area contributed by atoms with E-state index in [0.717, 1.165) is 3.79 Å². The van der Waals surface area contributed by atoms with Crippen LogP contribution in [0, 0.1) is 0 Å². The fraction of sp³-hybridized carbons (Fsp3) is 0.556. The van der Waals surface area contributed by atoms with E-state index < -0.39 is 0 Å². The maximum absolute atomic E-state index is 8.96. The highest BCUT2D eigenvalue weighted by atomic mass is 79.9. The van der Waals surface area contributed by atoms with E-state index in [4.69, 9.17) is 10.8 Å². The summed E-state index contributed by atoms with van der Waals surface area (Å²) in [5.74, 6) is 0. The Kier molecular flexibility index (Phi) is 5.48. The highest BCUT2D eigenvalue weighted by Crippen LogP contribution is 2.36. The van der Waals surface area contributed by atoms with Crippen LogP contribution in [0.3, 0.4) is 0 Å². The van der Waals surface area contributed by atoms with Crippen LogP contribution in [-0.2, 0) is 0 Å². The summed E-state index contributed by atoms with van der Waals surface area (Å²) in [6, 6.07) is 4.12. The van der Waals surface area contributed by atoms with Gasteiger partial charge in [0, 0.05) is 16.7 Å². The number of thiophene rings is 1. The molecule has 1 aromatic heterocycles. The molecule has 0 fully saturated rings. The molecule has 1 aromatic rings. The number of thioether (sulfide) groups is 1. The summed E-state index contributed by atoms with van der Waals surface area (Å²) < 4.78 is 1.13. The summed E-state index contributed by atoms with van der Waals surface area (Å²) in [5.41, 5.74) is 5.71. The first kappa shape index (κ1) is 12.5. The van der Waals surface area contributed by atoms with Gasteiger partial charge in [0.05, 0.1) is 15.6 Å². The van der Waals surface area contributed by atoms with Gasteiger partial charge in [-0.1, -0.05) is 6.92 Å². The molecule has 0 aromatic carbocycles. The molecule has 80 valence electrons. The van der Waals surface area contributed by atoms with Crippen molar-refractivity contribution in [3.63, 3.8) is 0 Å². The summed E-state index contributed by atoms with van der Waals surface area (Å²) in [7, 11) is 0. The number of hydrogen-bond donors (Lipinski definition) is 2. The Morgan fingerprint density at radius 1 is 1.64 bits per heavy atom. The molecule has 1 heterocycles. The second kappa shape index (κ2) is 6.12. The van der Waals surface area contributed by atoms with Crippen LogP contribution in [0.15, 0.2) is 15.9 Å². The van der Waals surface area contributed by atoms with Crippen molar-refractivity contribution in [3.8, 4) is 0 Å². The zero-order valence-electron chi connectivity index (χ0n) is 7.94. The van der Waals surface area contributed by atoms with Gasteiger partial charge in [-0.25, -0.2) is 0 Å². The largest absolute Gasteiger partial charge is 0.395 e. The lowest BCUT2D eigenvalue weighted by atomic mass is 10.3. The van der Waals surface area contributed by atoms with Crippen LogP contribution in [0.5, 0.6) is 0 Å². The number of aliphatic hydroxyl groups excluding tert-OH is 1. The lowest BCUT2D eigenvalue weighted by Gasteiger charge is -2.16. The maximum atomic E-state index is 8.96. The molecule has 2 atom stereocenters. The minimum Gasteiger partial charge on any atom is -0.395 e. The Morgan fingerprint density at radius 2 is 2.36 bits per heavy atom. The van der Waals surface area contributed by atoms with Crippen molar-refractivity contribution in [2.45, 2.75) is 17.4 Å². The van der Waals surface area contributed by atoms with Gasteiger partial charge in [-0.05, 0) is 28.1 Å². The number of aliphatic hydroxyl groups is 1. The molecule has 0 aliphatic rings. The molecule has 0 spiro atoms. The van der Waals surface area contributed by atoms with Crippen LogP contribution in [0.2, 0.25) is 0 Å². The summed E-state index contributed by atoms with van der Waals surface area (Å²) in [6.45, 7) is 2.83. The third-order valence-corrected chi connectivity index (χ3v) is 5.05. The quantitative estimate of drug-likeness (QED) is 0.878. The van der Waals surface area contributed by atoms with Crippen molar-refractivity contribution in [1.82, 2.24) is 0 Å². The fourth-order valence-electron chi connectivity index (χ4n) is 1.06. The Bertz CT molecular complexity index is 280. The Balaban J connectivity index is 2.62. The minimum absolute atomic E-state index is 0.202. The molecule has 0 amide bonds. The molecule has 2 unspecified atom stereocenters. The predicted molar refractivity (Wildman–Crippen MR) is 68.0 cm³/mol. The van der Waals surface area contributed by atoms with Gasteiger partial charge in [-0.15, -0.1) is 23.1 Å². The number of hydrogen-bond acceptors (Lipinski definition) is 4. The highest BCUT2D eigenvalue weighted by molar-refractivity contribution is 9.11. The van der Waals surface area contributed by atoms with Gasteiger partial charge in [0.25, 0.3) is 0 Å². The van der Waals surface area contributed by atoms with E-state index in [1.165, 1.54) is 4.88 Å². The normalized spacial score (nSPS) is 15.4. The molecule has 14 heavy (non-hydrogen) atoms. The first-order valence-electron chi connectivity index (χ1n) is 4.39. The van der Waals surface area contributed by atoms with E-state index >= 15 is 0 Å². The zero-order valence-corrected chi connectivity index (χ0v) is 11.2. The Hall–Kier alpha value is 0.450. The van der Waals surface area contributed by atoms with Gasteiger partial charge in [0.1, 0.15) is 0 Å². The lowest BCUT2D eigenvalue weighted by Crippen LogP contribution is -2.13. The van der Waals surface area contributed by atoms with Crippen molar-refractivity contribution in [2.75, 3.05) is 13.2 Å². The summed E-state index contributed by atoms with van der Waals surface area (Å²) in [6.07, 6.45) is 0. The minimum atomic E-state index is 0.202. The molecular formula is C9H14BrNOS2. The summed E-state index contributed by atoms with van der Waals surface area (Å²) >= 11 is 6.86. The van der Waals surface area contributed by atoms with Gasteiger partial charge in [0.2, 0.25) is 0 Å². The fourth-order valence-corrected chi connectivity index (χ4v) is 3.76. The monoisotopic (exact) mass is 295 g/mol. The predicted octanol–water partition coefficient (Wildman–Crippen LogP) is 2.62. The first-order chi connectivity index (χ1) is 6.67. The number of rotatable bonds is 5. The standard InChI is InChI=1S/C9H14BrNOS2/c1-6(5-12)13-8(4-11)7-2-3-9(10)14-7/h2-3,6,8,12H,4-5,11H2,1H3. The molecule has 0 saturated carbocycles. The smallest absolute Gasteiger partial charge is 0.0701 e. The second-order valence-electron chi connectivity index (χ2n) is 3.00. The topological polar surface area (TPSA) is 46.2 Å². The Morgan fingerprint density at radius 3 is 2.79 bits per heavy atom. The molecule has 0 aliphatic heterocycles. The van der Waals surface area contributed by atoms with Gasteiger partial charge in [-0.2, -0.15) is 0 Å². The average Bonchev–Trinajstić information content (AvgIpc) is 2.60. The summed E-state index contributed by atoms with van der Waals surface area (Å²) in [4.78, 5) is 1.27. The van der Waals surface area contributed by atoms with Crippen molar-refractivity contribution in [2.24, 2.45) is 5.73 Å². The van der Waals surface area contributed by atoms with E-state index in [-0.39, 0.29) is 11.9 Å². The van der Waals surface area contributed by atoms with Gasteiger partial charge in [-0.3, -0.25) is 0 Å². The number of nitrogens with two attached hydrogens (primary N) is 1. The van der Waals surface area contributed by atoms with Crippen molar-refractivity contribution >= 4 is 39.0 Å². The van der Waals surface area contributed by atoms with Gasteiger partial charge >= 0.3 is 0 Å². The second-order valence-corrected chi connectivity index (χ2v) is 7.14. The molecule has 2 nitrogen and oxygen atoms in total. The van der Waals surface area contributed by atoms with Crippen LogP contribution < -0.4 is 5.73 Å². The third kappa shape index (κ3) is 3.55. The zero-order chi connectivity index (χ0) is 10.6. The van der Waals surface area contributed by atoms with E-state index in [1.54, 1.807) is 23.1 Å². The lowest BCUT2D eigenvalue weighted by molar-refractivity contribution is 0.300. The number of halogens is 1. The highest BCUT2D eigenvalue weighted by Gasteiger charge is 2.15. The molecule has 1 rings (SSSR count). The van der Waals surface area contributed by atoms with Gasteiger partial charge in [0.15, 0.2) is 0 Å². The molecule has 0 radical (unpaired) electrons. The van der Waals surface area contributed by atoms with Crippen LogP contribution in [0.4, 0.5) is 0 Å². The van der Waals surface area contributed by atoms with E-state index in [9.17, 15) is 0 Å². The van der Waals surface area contributed by atoms with Gasteiger partial charge < -0.3 is 10.8 Å². The van der Waals surface area contributed by atoms with E-state index in [0.29, 0.717) is 11.8 Å². The SMILES string of the molecule is CC(CO)SC(CN)c1ccc(Br)s1. The summed E-state index contributed by atoms with van der Waals surface area (Å²) in [5, 5.41) is 9.50. The third-order valence-electron chi connectivity index (χ3n) is 1.78. The average molecular weight is 296 g/mol. The van der Waals surface area contributed by atoms with Crippen molar-refractivity contribution in [1.29, 1.82) is 0 Å². The molecule has 0 aliphatic carbocycles. The first-order valence-corrected chi connectivity index (χ1v) is 6.94. The van der Waals surface area contributed by atoms with E-state index in [1.807, 2.05) is 13.0 Å². The Labute approximate surface area is 101 Å². The van der Waals surface area contributed by atoms with E-state index in [2.05, 4.69) is 22.0 Å². The van der Waals surface area contributed by atoms with Crippen LogP contribution in [-0.4, -0.2) is 23.5 Å². The van der Waals surface area contributed by atoms with Crippen LogP contribution in [0.25, 0.3) is 0 Å². The molecule has 0 saturated heterocycles. The molecule has 3 N–H and O–H groups in total. The van der Waals surface area contributed by atoms with Crippen LogP contribution >= 0.6 is 39.0 Å². The molecular weight excluding hydrogens is 282 g/mol.